The van der Waals surface area contributed by atoms with E-state index in [0.717, 1.165) is 23.1 Å². The van der Waals surface area contributed by atoms with Crippen molar-refractivity contribution in [3.8, 4) is 22.5 Å². The Balaban J connectivity index is 1.44. The van der Waals surface area contributed by atoms with Gasteiger partial charge in [-0.1, -0.05) is 48.5 Å². The van der Waals surface area contributed by atoms with Crippen LogP contribution in [0, 0.1) is 5.82 Å². The zero-order chi connectivity index (χ0) is 25.8. The molecule has 37 heavy (non-hydrogen) atoms. The van der Waals surface area contributed by atoms with Gasteiger partial charge >= 0.3 is 0 Å². The quantitative estimate of drug-likeness (QED) is 0.283. The minimum atomic E-state index is -0.368. The molecule has 0 aliphatic rings. The fourth-order valence-electron chi connectivity index (χ4n) is 4.34. The summed E-state index contributed by atoms with van der Waals surface area (Å²) in [5.74, 6) is -0.445. The van der Waals surface area contributed by atoms with E-state index in [0.29, 0.717) is 40.0 Å². The van der Waals surface area contributed by atoms with Crippen molar-refractivity contribution in [3.63, 3.8) is 0 Å². The molecule has 5 rings (SSSR count). The molecule has 0 aliphatic carbocycles. The van der Waals surface area contributed by atoms with Crippen molar-refractivity contribution in [2.45, 2.75) is 6.42 Å². The van der Waals surface area contributed by atoms with Crippen LogP contribution in [0.5, 0.6) is 0 Å². The van der Waals surface area contributed by atoms with Gasteiger partial charge in [0, 0.05) is 30.1 Å². The highest BCUT2D eigenvalue weighted by molar-refractivity contribution is 6.11. The SMILES string of the molecule is CNC(=O)c1c(-c2ccc(F)cc2)oc2ccc(-c3cccc(C(=O)NCCc4ccccc4)c3)cc12. The fraction of sp³-hybridized carbons (Fsp3) is 0.0968. The van der Waals surface area contributed by atoms with E-state index >= 15 is 0 Å². The molecule has 0 saturated carbocycles. The van der Waals surface area contributed by atoms with Gasteiger partial charge in [0.2, 0.25) is 0 Å². The first kappa shape index (κ1) is 24.0. The number of fused-ring (bicyclic) bond motifs is 1. The van der Waals surface area contributed by atoms with Crippen molar-refractivity contribution < 1.29 is 18.4 Å². The van der Waals surface area contributed by atoms with Crippen LogP contribution in [0.15, 0.2) is 101 Å². The molecule has 0 aliphatic heterocycles. The number of halogens is 1. The predicted molar refractivity (Wildman–Crippen MR) is 143 cm³/mol. The van der Waals surface area contributed by atoms with Crippen LogP contribution in [0.25, 0.3) is 33.4 Å². The first-order chi connectivity index (χ1) is 18.0. The Hall–Kier alpha value is -4.71. The van der Waals surface area contributed by atoms with Crippen LogP contribution in [0.1, 0.15) is 26.3 Å². The van der Waals surface area contributed by atoms with E-state index < -0.39 is 0 Å². The van der Waals surface area contributed by atoms with Gasteiger partial charge in [0.15, 0.2) is 0 Å². The van der Waals surface area contributed by atoms with Gasteiger partial charge in [0.25, 0.3) is 11.8 Å². The van der Waals surface area contributed by atoms with Crippen LogP contribution in [0.4, 0.5) is 4.39 Å². The molecule has 1 heterocycles. The summed E-state index contributed by atoms with van der Waals surface area (Å²) >= 11 is 0. The molecule has 0 spiro atoms. The lowest BCUT2D eigenvalue weighted by atomic mass is 9.99. The Morgan fingerprint density at radius 1 is 0.784 bits per heavy atom. The molecule has 2 N–H and O–H groups in total. The van der Waals surface area contributed by atoms with Gasteiger partial charge in [-0.2, -0.15) is 0 Å². The van der Waals surface area contributed by atoms with Gasteiger partial charge in [-0.25, -0.2) is 4.39 Å². The summed E-state index contributed by atoms with van der Waals surface area (Å²) < 4.78 is 19.5. The molecule has 6 heteroatoms. The summed E-state index contributed by atoms with van der Waals surface area (Å²) in [6.07, 6.45) is 0.752. The minimum Gasteiger partial charge on any atom is -0.455 e. The van der Waals surface area contributed by atoms with Crippen LogP contribution >= 0.6 is 0 Å². The van der Waals surface area contributed by atoms with Crippen molar-refractivity contribution in [3.05, 3.63) is 120 Å². The standard InChI is InChI=1S/C31H25FN2O3/c1-33-31(36)28-26-19-23(12-15-27(26)37-29(28)21-10-13-25(32)14-11-21)22-8-5-9-24(18-22)30(35)34-17-16-20-6-3-2-4-7-20/h2-15,18-19H,16-17H2,1H3,(H,33,36)(H,34,35). The Kier molecular flexibility index (Phi) is 6.81. The van der Waals surface area contributed by atoms with Gasteiger partial charge in [0.1, 0.15) is 17.2 Å². The van der Waals surface area contributed by atoms with E-state index in [-0.39, 0.29) is 17.6 Å². The molecule has 184 valence electrons. The lowest BCUT2D eigenvalue weighted by Crippen LogP contribution is -2.25. The second kappa shape index (κ2) is 10.5. The van der Waals surface area contributed by atoms with Gasteiger partial charge in [-0.15, -0.1) is 0 Å². The van der Waals surface area contributed by atoms with E-state index in [1.807, 2.05) is 60.7 Å². The van der Waals surface area contributed by atoms with Crippen LogP contribution in [0.2, 0.25) is 0 Å². The number of hydrogen-bond acceptors (Lipinski definition) is 3. The first-order valence-corrected chi connectivity index (χ1v) is 12.0. The molecule has 0 atom stereocenters. The van der Waals surface area contributed by atoms with Gasteiger partial charge in [0.05, 0.1) is 5.56 Å². The van der Waals surface area contributed by atoms with Gasteiger partial charge in [-0.3, -0.25) is 9.59 Å². The third-order valence-corrected chi connectivity index (χ3v) is 6.25. The highest BCUT2D eigenvalue weighted by Gasteiger charge is 2.22. The third kappa shape index (κ3) is 5.14. The molecule has 0 fully saturated rings. The second-order valence-electron chi connectivity index (χ2n) is 8.68. The number of nitrogens with one attached hydrogen (secondary N) is 2. The van der Waals surface area contributed by atoms with Crippen LogP contribution < -0.4 is 10.6 Å². The summed E-state index contributed by atoms with van der Waals surface area (Å²) in [5, 5.41) is 6.28. The normalized spacial score (nSPS) is 10.9. The average molecular weight is 493 g/mol. The predicted octanol–water partition coefficient (Wildman–Crippen LogP) is 6.24. The molecule has 5 aromatic rings. The van der Waals surface area contributed by atoms with Crippen LogP contribution in [-0.4, -0.2) is 25.4 Å². The van der Waals surface area contributed by atoms with Crippen molar-refractivity contribution in [2.75, 3.05) is 13.6 Å². The van der Waals surface area contributed by atoms with E-state index in [2.05, 4.69) is 10.6 Å². The maximum atomic E-state index is 13.5. The van der Waals surface area contributed by atoms with Crippen molar-refractivity contribution >= 4 is 22.8 Å². The topological polar surface area (TPSA) is 71.3 Å². The average Bonchev–Trinajstić information content (AvgIpc) is 3.32. The van der Waals surface area contributed by atoms with Crippen molar-refractivity contribution in [1.29, 1.82) is 0 Å². The van der Waals surface area contributed by atoms with Crippen molar-refractivity contribution in [1.82, 2.24) is 10.6 Å². The second-order valence-corrected chi connectivity index (χ2v) is 8.68. The summed E-state index contributed by atoms with van der Waals surface area (Å²) in [4.78, 5) is 25.6. The number of rotatable bonds is 7. The zero-order valence-electron chi connectivity index (χ0n) is 20.3. The molecule has 2 amide bonds. The number of furan rings is 1. The molecule has 5 nitrogen and oxygen atoms in total. The zero-order valence-corrected chi connectivity index (χ0v) is 20.3. The summed E-state index contributed by atoms with van der Waals surface area (Å²) in [6.45, 7) is 0.537. The molecular weight excluding hydrogens is 467 g/mol. The summed E-state index contributed by atoms with van der Waals surface area (Å²) in [7, 11) is 1.55. The van der Waals surface area contributed by atoms with Crippen molar-refractivity contribution in [2.24, 2.45) is 0 Å². The smallest absolute Gasteiger partial charge is 0.255 e. The fourth-order valence-corrected chi connectivity index (χ4v) is 4.34. The highest BCUT2D eigenvalue weighted by atomic mass is 19.1. The maximum Gasteiger partial charge on any atom is 0.255 e. The van der Waals surface area contributed by atoms with Crippen LogP contribution in [-0.2, 0) is 6.42 Å². The van der Waals surface area contributed by atoms with Gasteiger partial charge < -0.3 is 15.1 Å². The van der Waals surface area contributed by atoms with Crippen LogP contribution in [0.3, 0.4) is 0 Å². The minimum absolute atomic E-state index is 0.146. The molecule has 1 aromatic heterocycles. The Morgan fingerprint density at radius 2 is 1.51 bits per heavy atom. The molecular formula is C31H25FN2O3. The lowest BCUT2D eigenvalue weighted by Gasteiger charge is -2.08. The first-order valence-electron chi connectivity index (χ1n) is 12.0. The maximum absolute atomic E-state index is 13.5. The molecule has 0 unspecified atom stereocenters. The Bertz CT molecular complexity index is 1570. The monoisotopic (exact) mass is 492 g/mol. The number of hydrogen-bond donors (Lipinski definition) is 2. The Labute approximate surface area is 213 Å². The lowest BCUT2D eigenvalue weighted by molar-refractivity contribution is 0.0949. The summed E-state index contributed by atoms with van der Waals surface area (Å²) in [6, 6.07) is 28.8. The molecule has 0 bridgehead atoms. The third-order valence-electron chi connectivity index (χ3n) is 6.25. The molecule has 0 saturated heterocycles. The highest BCUT2D eigenvalue weighted by Crippen LogP contribution is 2.36. The van der Waals surface area contributed by atoms with E-state index in [1.54, 1.807) is 31.3 Å². The largest absolute Gasteiger partial charge is 0.455 e. The van der Waals surface area contributed by atoms with Gasteiger partial charge in [-0.05, 0) is 71.6 Å². The number of benzene rings is 4. The Morgan fingerprint density at radius 3 is 2.27 bits per heavy atom. The van der Waals surface area contributed by atoms with E-state index in [4.69, 9.17) is 4.42 Å². The van der Waals surface area contributed by atoms with E-state index in [9.17, 15) is 14.0 Å². The molecule has 0 radical (unpaired) electrons. The summed E-state index contributed by atoms with van der Waals surface area (Å²) in [5.41, 5.74) is 4.91. The van der Waals surface area contributed by atoms with E-state index in [1.165, 1.54) is 12.1 Å². The number of amides is 2. The number of carbonyl (C=O) groups excluding carboxylic acids is 2. The molecule has 4 aromatic carbocycles. The number of carbonyl (C=O) groups is 2.